The van der Waals surface area contributed by atoms with Crippen molar-refractivity contribution in [2.75, 3.05) is 23.4 Å². The predicted molar refractivity (Wildman–Crippen MR) is 135 cm³/mol. The summed E-state index contributed by atoms with van der Waals surface area (Å²) >= 11 is 0. The van der Waals surface area contributed by atoms with Gasteiger partial charge in [-0.15, -0.1) is 0 Å². The number of pyridine rings is 1. The van der Waals surface area contributed by atoms with Gasteiger partial charge in [0.15, 0.2) is 0 Å². The summed E-state index contributed by atoms with van der Waals surface area (Å²) in [6.45, 7) is 6.52. The van der Waals surface area contributed by atoms with Gasteiger partial charge >= 0.3 is 6.09 Å². The number of carbonyl (C=O) groups is 1. The largest absolute Gasteiger partial charge is 0.444 e. The van der Waals surface area contributed by atoms with Crippen molar-refractivity contribution in [2.45, 2.75) is 88.4 Å². The van der Waals surface area contributed by atoms with Crippen molar-refractivity contribution in [1.82, 2.24) is 19.9 Å². The second-order valence-electron chi connectivity index (χ2n) is 11.7. The number of ether oxygens (including phenoxy) is 1. The number of amides is 1. The summed E-state index contributed by atoms with van der Waals surface area (Å²) in [7, 11) is 1.87. The quantitative estimate of drug-likeness (QED) is 0.632. The van der Waals surface area contributed by atoms with Gasteiger partial charge in [0.05, 0.1) is 23.7 Å². The molecule has 1 amide bonds. The number of carbonyl (C=O) groups excluding carboxylic acids is 1. The van der Waals surface area contributed by atoms with E-state index in [9.17, 15) is 10.1 Å². The smallest absolute Gasteiger partial charge is 0.410 e. The number of nitriles is 1. The number of anilines is 3. The van der Waals surface area contributed by atoms with Gasteiger partial charge in [-0.25, -0.2) is 19.7 Å². The molecular weight excluding hydrogens is 454 g/mol. The monoisotopic (exact) mass is 487 g/mol. The molecule has 9 heteroatoms. The first-order valence-electron chi connectivity index (χ1n) is 12.9. The average Bonchev–Trinajstić information content (AvgIpc) is 3.51. The Balaban J connectivity index is 1.36. The van der Waals surface area contributed by atoms with Crippen LogP contribution >= 0.6 is 0 Å². The molecule has 9 nitrogen and oxygen atoms in total. The molecule has 3 aliphatic heterocycles. The first-order valence-corrected chi connectivity index (χ1v) is 12.9. The Hall–Kier alpha value is -3.41. The maximum atomic E-state index is 12.9. The van der Waals surface area contributed by atoms with E-state index in [1.165, 1.54) is 12.0 Å². The fourth-order valence-corrected chi connectivity index (χ4v) is 6.71. The summed E-state index contributed by atoms with van der Waals surface area (Å²) in [6, 6.07) is 6.44. The zero-order valence-electron chi connectivity index (χ0n) is 21.4. The van der Waals surface area contributed by atoms with Crippen molar-refractivity contribution < 1.29 is 9.53 Å². The van der Waals surface area contributed by atoms with Crippen LogP contribution in [0.4, 0.5) is 22.2 Å². The lowest BCUT2D eigenvalue weighted by molar-refractivity contribution is 0.0202. The number of fused-ring (bicyclic) bond motifs is 4. The Morgan fingerprint density at radius 1 is 1.22 bits per heavy atom. The van der Waals surface area contributed by atoms with Crippen LogP contribution in [0.5, 0.6) is 0 Å². The van der Waals surface area contributed by atoms with Crippen LogP contribution in [0.1, 0.15) is 70.4 Å². The lowest BCUT2D eigenvalue weighted by Gasteiger charge is -2.40. The van der Waals surface area contributed by atoms with Crippen molar-refractivity contribution in [3.05, 3.63) is 35.8 Å². The number of likely N-dealkylation sites (N-methyl/N-ethyl adjacent to an activating group) is 1. The molecule has 0 radical (unpaired) electrons. The Kier molecular flexibility index (Phi) is 5.15. The maximum Gasteiger partial charge on any atom is 0.410 e. The van der Waals surface area contributed by atoms with E-state index in [0.717, 1.165) is 56.1 Å². The summed E-state index contributed by atoms with van der Waals surface area (Å²) in [5.74, 6) is 2.69. The molecule has 4 aliphatic rings. The fourth-order valence-electron chi connectivity index (χ4n) is 6.71. The van der Waals surface area contributed by atoms with Gasteiger partial charge < -0.3 is 19.4 Å². The molecule has 2 bridgehead atoms. The van der Waals surface area contributed by atoms with Gasteiger partial charge in [0.1, 0.15) is 29.4 Å². The molecule has 1 aliphatic carbocycles. The third kappa shape index (κ3) is 3.49. The summed E-state index contributed by atoms with van der Waals surface area (Å²) in [5, 5.41) is 9.42. The molecule has 5 heterocycles. The Labute approximate surface area is 212 Å². The highest BCUT2D eigenvalue weighted by Crippen LogP contribution is 2.57. The Bertz CT molecular complexity index is 1250. The molecule has 2 aromatic rings. The molecule has 0 N–H and O–H groups in total. The van der Waals surface area contributed by atoms with Gasteiger partial charge in [-0.2, -0.15) is 5.26 Å². The Morgan fingerprint density at radius 3 is 2.69 bits per heavy atom. The van der Waals surface area contributed by atoms with E-state index in [4.69, 9.17) is 14.7 Å². The van der Waals surface area contributed by atoms with E-state index in [2.05, 4.69) is 20.9 Å². The van der Waals surface area contributed by atoms with Crippen LogP contribution in [0, 0.1) is 11.3 Å². The number of aromatic nitrogens is 3. The number of hydrogen-bond acceptors (Lipinski definition) is 8. The molecule has 1 spiro atoms. The summed E-state index contributed by atoms with van der Waals surface area (Å²) < 4.78 is 5.68. The van der Waals surface area contributed by atoms with Crippen molar-refractivity contribution in [2.24, 2.45) is 0 Å². The standard InChI is InChI=1S/C27H33N7O2/c1-26(2,3)36-25(35)32(4)20-13-18-6-7-19(20)34(18)24-22-23(30-16-31-24)33(15-27(22)9-5-10-27)21-12-17(14-28)8-11-29-21/h8,11-12,16,18-20H,5-7,9-10,13,15H2,1-4H3/t18?,19-,20-/m0/s1. The summed E-state index contributed by atoms with van der Waals surface area (Å²) in [6.07, 6.45) is 9.52. The highest BCUT2D eigenvalue weighted by atomic mass is 16.6. The number of rotatable bonds is 3. The number of nitrogens with zero attached hydrogens (tertiary/aromatic N) is 7. The lowest BCUT2D eigenvalue weighted by Crippen LogP contribution is -2.47. The normalized spacial score (nSPS) is 25.5. The molecule has 3 fully saturated rings. The minimum Gasteiger partial charge on any atom is -0.444 e. The van der Waals surface area contributed by atoms with Crippen LogP contribution in [-0.4, -0.2) is 63.3 Å². The van der Waals surface area contributed by atoms with E-state index in [0.29, 0.717) is 11.6 Å². The molecule has 3 atom stereocenters. The highest BCUT2D eigenvalue weighted by Gasteiger charge is 2.55. The second kappa shape index (κ2) is 8.05. The van der Waals surface area contributed by atoms with E-state index in [1.807, 2.05) is 33.9 Å². The molecule has 0 aromatic carbocycles. The van der Waals surface area contributed by atoms with E-state index < -0.39 is 5.60 Å². The second-order valence-corrected chi connectivity index (χ2v) is 11.7. The maximum absolute atomic E-state index is 12.9. The summed E-state index contributed by atoms with van der Waals surface area (Å²) in [5.41, 5.74) is 1.30. The van der Waals surface area contributed by atoms with Crippen molar-refractivity contribution in [1.29, 1.82) is 5.26 Å². The van der Waals surface area contributed by atoms with Gasteiger partial charge in [0, 0.05) is 36.8 Å². The summed E-state index contributed by atoms with van der Waals surface area (Å²) in [4.78, 5) is 33.6. The van der Waals surface area contributed by atoms with Crippen LogP contribution in [0.3, 0.4) is 0 Å². The topological polar surface area (TPSA) is 98.5 Å². The Morgan fingerprint density at radius 2 is 2.00 bits per heavy atom. The first-order chi connectivity index (χ1) is 17.2. The van der Waals surface area contributed by atoms with Gasteiger partial charge in [0.2, 0.25) is 0 Å². The third-order valence-electron chi connectivity index (χ3n) is 8.44. The molecular formula is C27H33N7O2. The van der Waals surface area contributed by atoms with Gasteiger partial charge in [-0.05, 0) is 65.0 Å². The third-order valence-corrected chi connectivity index (χ3v) is 8.44. The molecule has 188 valence electrons. The molecule has 2 aromatic heterocycles. The highest BCUT2D eigenvalue weighted by molar-refractivity contribution is 5.76. The molecule has 1 saturated carbocycles. The van der Waals surface area contributed by atoms with Crippen LogP contribution < -0.4 is 9.80 Å². The van der Waals surface area contributed by atoms with Crippen LogP contribution in [0.25, 0.3) is 0 Å². The van der Waals surface area contributed by atoms with Crippen molar-refractivity contribution in [3.63, 3.8) is 0 Å². The van der Waals surface area contributed by atoms with Crippen LogP contribution in [0.15, 0.2) is 24.7 Å². The molecule has 6 rings (SSSR count). The van der Waals surface area contributed by atoms with Gasteiger partial charge in [0.25, 0.3) is 0 Å². The van der Waals surface area contributed by atoms with E-state index in [-0.39, 0.29) is 23.6 Å². The molecule has 36 heavy (non-hydrogen) atoms. The van der Waals surface area contributed by atoms with Gasteiger partial charge in [-0.1, -0.05) is 6.42 Å². The number of hydrogen-bond donors (Lipinski definition) is 0. The minimum atomic E-state index is -0.521. The van der Waals surface area contributed by atoms with E-state index in [1.54, 1.807) is 23.5 Å². The van der Waals surface area contributed by atoms with Crippen LogP contribution in [-0.2, 0) is 10.2 Å². The minimum absolute atomic E-state index is 0.00481. The predicted octanol–water partition coefficient (Wildman–Crippen LogP) is 4.29. The van der Waals surface area contributed by atoms with E-state index >= 15 is 0 Å². The molecule has 1 unspecified atom stereocenters. The zero-order valence-corrected chi connectivity index (χ0v) is 21.4. The van der Waals surface area contributed by atoms with Gasteiger partial charge in [-0.3, -0.25) is 0 Å². The molecule has 2 saturated heterocycles. The van der Waals surface area contributed by atoms with Crippen LogP contribution in [0.2, 0.25) is 0 Å². The fraction of sp³-hybridized carbons (Fsp3) is 0.593. The zero-order chi connectivity index (χ0) is 25.2. The van der Waals surface area contributed by atoms with Crippen molar-refractivity contribution in [3.8, 4) is 6.07 Å². The van der Waals surface area contributed by atoms with Crippen molar-refractivity contribution >= 4 is 23.5 Å². The average molecular weight is 488 g/mol. The SMILES string of the molecule is CN(C(=O)OC(C)(C)C)[C@H]1CC2CC[C@@H]1N2c1ncnc2c1C1(CCC1)CN2c1cc(C#N)ccn1. The lowest BCUT2D eigenvalue weighted by atomic mass is 9.66. The first kappa shape index (κ1) is 23.0.